The van der Waals surface area contributed by atoms with Gasteiger partial charge in [0.1, 0.15) is 5.82 Å². The number of carbonyl (C=O) groups is 1. The number of halogens is 1. The molecule has 0 unspecified atom stereocenters. The van der Waals surface area contributed by atoms with Gasteiger partial charge in [0.2, 0.25) is 4.77 Å². The topological polar surface area (TPSA) is 74.5 Å². The molecule has 0 bridgehead atoms. The Labute approximate surface area is 106 Å². The Morgan fingerprint density at radius 3 is 2.94 bits per heavy atom. The molecular weight excluding hydrogens is 255 g/mol. The van der Waals surface area contributed by atoms with Gasteiger partial charge in [-0.05, 0) is 24.4 Å². The first-order chi connectivity index (χ1) is 8.65. The lowest BCUT2D eigenvalue weighted by atomic mass is 10.2. The second kappa shape index (κ2) is 4.89. The standard InChI is InChI=1S/C11H7FN4OS/c12-8-4-2-1-3-7(8)10(17)16-9(5-6-13)14-15-11(16)18/h1-4H,5H2,(H,15,18). The number of aromatic nitrogens is 3. The number of H-pyrrole nitrogens is 1. The molecule has 0 fully saturated rings. The molecule has 2 rings (SSSR count). The van der Waals surface area contributed by atoms with Crippen molar-refractivity contribution in [1.29, 1.82) is 5.26 Å². The average Bonchev–Trinajstić information content (AvgIpc) is 2.71. The van der Waals surface area contributed by atoms with Gasteiger partial charge in [-0.15, -0.1) is 0 Å². The maximum atomic E-state index is 13.5. The fourth-order valence-corrected chi connectivity index (χ4v) is 1.72. The third-order valence-corrected chi connectivity index (χ3v) is 2.56. The van der Waals surface area contributed by atoms with Crippen molar-refractivity contribution in [2.75, 3.05) is 0 Å². The molecule has 0 saturated heterocycles. The van der Waals surface area contributed by atoms with Crippen LogP contribution in [0.25, 0.3) is 0 Å². The monoisotopic (exact) mass is 262 g/mol. The number of hydrogen-bond donors (Lipinski definition) is 1. The van der Waals surface area contributed by atoms with Crippen LogP contribution in [0.3, 0.4) is 0 Å². The number of aromatic amines is 1. The van der Waals surface area contributed by atoms with E-state index in [1.165, 1.54) is 18.2 Å². The molecule has 2 aromatic rings. The van der Waals surface area contributed by atoms with Crippen molar-refractivity contribution in [2.24, 2.45) is 0 Å². The first-order valence-corrected chi connectivity index (χ1v) is 5.38. The van der Waals surface area contributed by atoms with E-state index in [1.807, 2.05) is 6.07 Å². The Bertz CT molecular complexity index is 698. The molecule has 1 heterocycles. The summed E-state index contributed by atoms with van der Waals surface area (Å²) in [5.74, 6) is -1.12. The van der Waals surface area contributed by atoms with Crippen molar-refractivity contribution in [1.82, 2.24) is 14.8 Å². The van der Waals surface area contributed by atoms with Crippen LogP contribution in [0.5, 0.6) is 0 Å². The Balaban J connectivity index is 2.54. The van der Waals surface area contributed by atoms with Crippen LogP contribution in [0, 0.1) is 21.9 Å². The van der Waals surface area contributed by atoms with E-state index < -0.39 is 11.7 Å². The minimum Gasteiger partial charge on any atom is -0.268 e. The summed E-state index contributed by atoms with van der Waals surface area (Å²) in [5, 5.41) is 14.8. The molecule has 0 atom stereocenters. The van der Waals surface area contributed by atoms with E-state index in [0.29, 0.717) is 0 Å². The van der Waals surface area contributed by atoms with Crippen molar-refractivity contribution in [2.45, 2.75) is 6.42 Å². The molecule has 0 saturated carbocycles. The zero-order valence-corrected chi connectivity index (χ0v) is 9.87. The van der Waals surface area contributed by atoms with Gasteiger partial charge in [-0.25, -0.2) is 8.96 Å². The molecule has 0 aliphatic rings. The summed E-state index contributed by atoms with van der Waals surface area (Å²) in [6, 6.07) is 7.42. The third kappa shape index (κ3) is 2.06. The second-order valence-corrected chi connectivity index (χ2v) is 3.79. The largest absolute Gasteiger partial charge is 0.268 e. The lowest BCUT2D eigenvalue weighted by molar-refractivity contribution is 0.0951. The van der Waals surface area contributed by atoms with Gasteiger partial charge >= 0.3 is 0 Å². The zero-order valence-electron chi connectivity index (χ0n) is 9.05. The smallest absolute Gasteiger partial charge is 0.268 e. The van der Waals surface area contributed by atoms with Crippen molar-refractivity contribution >= 4 is 18.1 Å². The Hall–Kier alpha value is -2.33. The predicted octanol–water partition coefficient (Wildman–Crippen LogP) is 1.83. The third-order valence-electron chi connectivity index (χ3n) is 2.29. The zero-order chi connectivity index (χ0) is 13.1. The summed E-state index contributed by atoms with van der Waals surface area (Å²) in [7, 11) is 0. The van der Waals surface area contributed by atoms with Gasteiger partial charge in [-0.2, -0.15) is 10.4 Å². The molecule has 1 N–H and O–H groups in total. The molecule has 90 valence electrons. The maximum absolute atomic E-state index is 13.5. The first-order valence-electron chi connectivity index (χ1n) is 4.97. The summed E-state index contributed by atoms with van der Waals surface area (Å²) in [6.45, 7) is 0. The summed E-state index contributed by atoms with van der Waals surface area (Å²) in [6.07, 6.45) is -0.0899. The van der Waals surface area contributed by atoms with Gasteiger partial charge in [0.25, 0.3) is 5.91 Å². The van der Waals surface area contributed by atoms with E-state index in [-0.39, 0.29) is 22.6 Å². The molecule has 18 heavy (non-hydrogen) atoms. The van der Waals surface area contributed by atoms with Crippen LogP contribution in [-0.2, 0) is 6.42 Å². The van der Waals surface area contributed by atoms with E-state index in [4.69, 9.17) is 17.5 Å². The minimum atomic E-state index is -0.645. The van der Waals surface area contributed by atoms with Gasteiger partial charge in [0, 0.05) is 0 Å². The van der Waals surface area contributed by atoms with Crippen LogP contribution in [0.4, 0.5) is 4.39 Å². The normalized spacial score (nSPS) is 10.0. The summed E-state index contributed by atoms with van der Waals surface area (Å²) < 4.78 is 14.6. The quantitative estimate of drug-likeness (QED) is 0.838. The van der Waals surface area contributed by atoms with E-state index in [9.17, 15) is 9.18 Å². The molecular formula is C11H7FN4OS. The van der Waals surface area contributed by atoms with Crippen molar-refractivity contribution < 1.29 is 9.18 Å². The molecule has 0 aliphatic carbocycles. The van der Waals surface area contributed by atoms with Crippen LogP contribution < -0.4 is 0 Å². The fourth-order valence-electron chi connectivity index (χ4n) is 1.48. The van der Waals surface area contributed by atoms with Crippen LogP contribution in [0.15, 0.2) is 24.3 Å². The van der Waals surface area contributed by atoms with Crippen molar-refractivity contribution in [3.8, 4) is 6.07 Å². The lowest BCUT2D eigenvalue weighted by Gasteiger charge is -2.04. The molecule has 0 amide bonds. The fraction of sp³-hybridized carbons (Fsp3) is 0.0909. The van der Waals surface area contributed by atoms with Gasteiger partial charge in [-0.1, -0.05) is 12.1 Å². The summed E-state index contributed by atoms with van der Waals surface area (Å²) in [4.78, 5) is 12.1. The Kier molecular flexibility index (Phi) is 3.30. The molecule has 0 aliphatic heterocycles. The summed E-state index contributed by atoms with van der Waals surface area (Å²) >= 11 is 4.90. The minimum absolute atomic E-state index is 0.0357. The number of nitrogens with zero attached hydrogens (tertiary/aromatic N) is 3. The van der Waals surface area contributed by atoms with Gasteiger partial charge in [0.05, 0.1) is 18.1 Å². The molecule has 7 heteroatoms. The SMILES string of the molecule is N#CCc1n[nH]c(=S)n1C(=O)c1ccccc1F. The number of nitrogens with one attached hydrogen (secondary N) is 1. The first kappa shape index (κ1) is 12.1. The average molecular weight is 262 g/mol. The number of hydrogen-bond acceptors (Lipinski definition) is 4. The molecule has 1 aromatic heterocycles. The van der Waals surface area contributed by atoms with Crippen molar-refractivity contribution in [3.05, 3.63) is 46.2 Å². The maximum Gasteiger partial charge on any atom is 0.268 e. The molecule has 0 spiro atoms. The Morgan fingerprint density at radius 1 is 1.56 bits per heavy atom. The number of nitriles is 1. The van der Waals surface area contributed by atoms with Crippen LogP contribution >= 0.6 is 12.2 Å². The number of carbonyl (C=O) groups excluding carboxylic acids is 1. The number of rotatable bonds is 2. The Morgan fingerprint density at radius 2 is 2.28 bits per heavy atom. The van der Waals surface area contributed by atoms with Gasteiger partial charge in [-0.3, -0.25) is 9.89 Å². The van der Waals surface area contributed by atoms with Crippen LogP contribution in [0.2, 0.25) is 0 Å². The van der Waals surface area contributed by atoms with E-state index >= 15 is 0 Å². The predicted molar refractivity (Wildman–Crippen MR) is 62.9 cm³/mol. The van der Waals surface area contributed by atoms with E-state index in [2.05, 4.69) is 10.2 Å². The van der Waals surface area contributed by atoms with Crippen molar-refractivity contribution in [3.63, 3.8) is 0 Å². The van der Waals surface area contributed by atoms with Gasteiger partial charge in [0.15, 0.2) is 5.82 Å². The lowest BCUT2D eigenvalue weighted by Crippen LogP contribution is -2.16. The van der Waals surface area contributed by atoms with Crippen LogP contribution in [-0.4, -0.2) is 20.7 Å². The highest BCUT2D eigenvalue weighted by Crippen LogP contribution is 2.10. The number of benzene rings is 1. The highest BCUT2D eigenvalue weighted by atomic mass is 32.1. The van der Waals surface area contributed by atoms with E-state index in [1.54, 1.807) is 6.07 Å². The molecule has 1 aromatic carbocycles. The summed E-state index contributed by atoms with van der Waals surface area (Å²) in [5.41, 5.74) is -0.116. The van der Waals surface area contributed by atoms with E-state index in [0.717, 1.165) is 4.57 Å². The molecule has 5 nitrogen and oxygen atoms in total. The van der Waals surface area contributed by atoms with Crippen LogP contribution in [0.1, 0.15) is 16.2 Å². The highest BCUT2D eigenvalue weighted by Gasteiger charge is 2.18. The highest BCUT2D eigenvalue weighted by molar-refractivity contribution is 7.71. The second-order valence-electron chi connectivity index (χ2n) is 3.40. The van der Waals surface area contributed by atoms with Gasteiger partial charge < -0.3 is 0 Å². The molecule has 0 radical (unpaired) electrons.